The van der Waals surface area contributed by atoms with Crippen LogP contribution in [0.5, 0.6) is 11.5 Å². The summed E-state index contributed by atoms with van der Waals surface area (Å²) in [5.41, 5.74) is 12.8. The maximum atomic E-state index is 13.0. The lowest BCUT2D eigenvalue weighted by Crippen LogP contribution is -2.28. The molecule has 13 rings (SSSR count). The minimum absolute atomic E-state index is 0.175. The van der Waals surface area contributed by atoms with E-state index in [2.05, 4.69) is 320 Å². The smallest absolute Gasteiger partial charge is 0.231 e. The number of aryl methyl sites for hydroxylation is 4. The van der Waals surface area contributed by atoms with Crippen molar-refractivity contribution in [2.75, 3.05) is 91.4 Å². The molecule has 0 saturated heterocycles. The highest BCUT2D eigenvalue weighted by Crippen LogP contribution is 2.37. The summed E-state index contributed by atoms with van der Waals surface area (Å²) >= 11 is 0. The molecule has 0 fully saturated rings. The summed E-state index contributed by atoms with van der Waals surface area (Å²) in [7, 11) is 25.2. The van der Waals surface area contributed by atoms with Crippen molar-refractivity contribution in [3.63, 3.8) is 0 Å². The molecule has 99 heavy (non-hydrogen) atoms. The largest absolute Gasteiger partial charge is 0.454 e. The van der Waals surface area contributed by atoms with Crippen LogP contribution < -0.4 is 9.47 Å². The Balaban J connectivity index is 0.000000151. The second kappa shape index (κ2) is 34.7. The van der Waals surface area contributed by atoms with Gasteiger partial charge in [-0.15, -0.1) is 0 Å². The maximum absolute atomic E-state index is 13.0. The average Bonchev–Trinajstić information content (AvgIpc) is 1.69. The van der Waals surface area contributed by atoms with Crippen molar-refractivity contribution >= 4 is 65.4 Å². The first-order chi connectivity index (χ1) is 46.9. The van der Waals surface area contributed by atoms with E-state index in [1.807, 2.05) is 36.7 Å². The van der Waals surface area contributed by atoms with Crippen LogP contribution in [0, 0.1) is 39.3 Å². The number of aromatic nitrogens is 6. The van der Waals surface area contributed by atoms with E-state index < -0.39 is 0 Å². The van der Waals surface area contributed by atoms with Crippen molar-refractivity contribution in [1.82, 2.24) is 56.8 Å². The van der Waals surface area contributed by atoms with E-state index in [0.29, 0.717) is 43.0 Å². The van der Waals surface area contributed by atoms with E-state index in [4.69, 9.17) is 9.47 Å². The number of hydrogen-bond donors (Lipinski definition) is 0. The zero-order chi connectivity index (χ0) is 72.1. The fraction of sp³-hybridized carbons (Fsp3) is 0.422. The third-order valence-electron chi connectivity index (χ3n) is 20.0. The molecule has 16 heteroatoms. The van der Waals surface area contributed by atoms with Crippen molar-refractivity contribution in [3.05, 3.63) is 205 Å². The second-order valence-electron chi connectivity index (χ2n) is 29.0. The monoisotopic (exact) mass is 1350 g/mol. The highest BCUT2D eigenvalue weighted by Gasteiger charge is 2.18. The summed E-state index contributed by atoms with van der Waals surface area (Å²) in [6.07, 6.45) is 12.7. The Morgan fingerprint density at radius 1 is 0.293 bits per heavy atom. The molecule has 0 bridgehead atoms. The van der Waals surface area contributed by atoms with Crippen molar-refractivity contribution in [2.24, 2.45) is 0 Å². The molecule has 0 spiro atoms. The number of fused-ring (bicyclic) bond motifs is 7. The highest BCUT2D eigenvalue weighted by atomic mass is 19.1. The maximum Gasteiger partial charge on any atom is 0.231 e. The number of hydrogen-bond acceptors (Lipinski definition) is 8. The zero-order valence-corrected chi connectivity index (χ0v) is 63.5. The van der Waals surface area contributed by atoms with Crippen LogP contribution in [-0.4, -0.2) is 184 Å². The SMILES string of the molecule is C[C@@H](Cn1ccc2cc(F)ccc21)N(C)C.C[C@H](Cn1ccc2cc(F)ccc21)N(C)C.C[C@H](Cn1ccc2cc3c(cc21)OCO3)N(C)C.Cc1cc2ccn(C[C@@H](C)N(C)C)c2cc1C.Cc1ccc2c(ccn2C[C@@H](C)N(C)C)c1.Cc1ccc2c(ccn2C[C@H](C)N(C)C)c1. The van der Waals surface area contributed by atoms with Crippen LogP contribution in [0.4, 0.5) is 8.78 Å². The molecule has 1 aliphatic heterocycles. The fourth-order valence-corrected chi connectivity index (χ4v) is 11.7. The lowest BCUT2D eigenvalue weighted by molar-refractivity contribution is 0.174. The first kappa shape index (κ1) is 76.5. The van der Waals surface area contributed by atoms with E-state index in [1.54, 1.807) is 12.1 Å². The van der Waals surface area contributed by atoms with Gasteiger partial charge in [-0.05, 0) is 296 Å². The minimum Gasteiger partial charge on any atom is -0.454 e. The zero-order valence-electron chi connectivity index (χ0n) is 63.5. The van der Waals surface area contributed by atoms with E-state index in [1.165, 1.54) is 78.0 Å². The number of rotatable bonds is 18. The first-order valence-corrected chi connectivity index (χ1v) is 35.0. The summed E-state index contributed by atoms with van der Waals surface area (Å²) in [5, 5.41) is 7.15. The van der Waals surface area contributed by atoms with Crippen LogP contribution in [0.3, 0.4) is 0 Å². The lowest BCUT2D eigenvalue weighted by atomic mass is 10.1. The number of ether oxygens (including phenoxy) is 2. The average molecular weight is 1350 g/mol. The van der Waals surface area contributed by atoms with Gasteiger partial charge in [0.05, 0.1) is 5.52 Å². The molecule has 6 aromatic heterocycles. The van der Waals surface area contributed by atoms with E-state index >= 15 is 0 Å². The Morgan fingerprint density at radius 2 is 0.535 bits per heavy atom. The number of nitrogens with zero attached hydrogens (tertiary/aromatic N) is 12. The quantitative estimate of drug-likeness (QED) is 0.0842. The molecule has 0 unspecified atom stereocenters. The Hall–Kier alpha value is -8.22. The predicted molar refractivity (Wildman–Crippen MR) is 416 cm³/mol. The van der Waals surface area contributed by atoms with Crippen LogP contribution in [0.25, 0.3) is 65.4 Å². The van der Waals surface area contributed by atoms with Gasteiger partial charge >= 0.3 is 0 Å². The number of halogens is 2. The summed E-state index contributed by atoms with van der Waals surface area (Å²) < 4.78 is 50.5. The molecule has 0 amide bonds. The van der Waals surface area contributed by atoms with Gasteiger partial charge in [0.1, 0.15) is 11.6 Å². The standard InChI is InChI=1S/C15H22N2.C14H18N2O2.2C14H20N2.2C13H17FN2/c1-11-8-14-6-7-17(10-13(3)16(4)5)15(14)9-12(11)2;1-10(15(2)3)8-16-5-4-11-6-13-14(7-12(11)16)18-9-17-13;2*1-11-5-6-14-13(9-11)7-8-16(14)10-12(2)15(3)4;2*1-10(15(2)3)9-16-7-6-11-8-12(14)4-5-13(11)16/h6-9,13H,10H2,1-5H3;4-7,10H,8-9H2,1-3H3;2*5-9,12H,10H2,1-4H3;2*4-8,10H,9H2,1-3H3/t13-;10-;2*12-;2*10-/m111010/s1. The van der Waals surface area contributed by atoms with Gasteiger partial charge in [0.15, 0.2) is 11.5 Å². The lowest BCUT2D eigenvalue weighted by Gasteiger charge is -2.21. The van der Waals surface area contributed by atoms with E-state index in [-0.39, 0.29) is 11.6 Å². The molecule has 0 saturated carbocycles. The van der Waals surface area contributed by atoms with E-state index in [9.17, 15) is 8.78 Å². The number of benzene rings is 6. The second-order valence-corrected chi connectivity index (χ2v) is 29.0. The fourth-order valence-electron chi connectivity index (χ4n) is 11.7. The van der Waals surface area contributed by atoms with Gasteiger partial charge < -0.3 is 66.3 Å². The molecule has 12 aromatic rings. The molecule has 6 atom stereocenters. The van der Waals surface area contributed by atoms with Gasteiger partial charge in [-0.3, -0.25) is 0 Å². The van der Waals surface area contributed by atoms with Crippen LogP contribution in [0.1, 0.15) is 63.8 Å². The molecule has 0 aliphatic carbocycles. The molecular weight excluding hydrogens is 1230 g/mol. The molecule has 7 heterocycles. The highest BCUT2D eigenvalue weighted by molar-refractivity contribution is 5.86. The Kier molecular flexibility index (Phi) is 26.8. The summed E-state index contributed by atoms with van der Waals surface area (Å²) in [5.74, 6) is 1.35. The Bertz CT molecular complexity index is 4150. The van der Waals surface area contributed by atoms with Crippen molar-refractivity contribution in [3.8, 4) is 11.5 Å². The van der Waals surface area contributed by atoms with Crippen LogP contribution >= 0.6 is 0 Å². The molecule has 0 radical (unpaired) electrons. The van der Waals surface area contributed by atoms with Crippen LogP contribution in [-0.2, 0) is 39.3 Å². The summed E-state index contributed by atoms with van der Waals surface area (Å²) in [4.78, 5) is 13.3. The predicted octanol–water partition coefficient (Wildman–Crippen LogP) is 16.8. The molecule has 14 nitrogen and oxygen atoms in total. The Morgan fingerprint density at radius 3 is 0.848 bits per heavy atom. The summed E-state index contributed by atoms with van der Waals surface area (Å²) in [6, 6.07) is 47.5. The molecular formula is C83H114F2N12O2. The van der Waals surface area contributed by atoms with Crippen molar-refractivity contribution in [2.45, 2.75) is 145 Å². The Labute approximate surface area is 589 Å². The minimum atomic E-state index is -0.175. The van der Waals surface area contributed by atoms with Gasteiger partial charge in [-0.25, -0.2) is 8.78 Å². The normalized spacial score (nSPS) is 13.9. The molecule has 1 aliphatic rings. The summed E-state index contributed by atoms with van der Waals surface area (Å²) in [6.45, 7) is 28.2. The number of likely N-dealkylation sites (N-methyl/N-ethyl adjacent to an activating group) is 6. The third kappa shape index (κ3) is 20.5. The van der Waals surface area contributed by atoms with Crippen molar-refractivity contribution in [1.29, 1.82) is 0 Å². The van der Waals surface area contributed by atoms with Gasteiger partial charge in [-0.2, -0.15) is 0 Å². The van der Waals surface area contributed by atoms with Gasteiger partial charge in [0.2, 0.25) is 6.79 Å². The van der Waals surface area contributed by atoms with E-state index in [0.717, 1.165) is 72.6 Å². The molecule has 0 N–H and O–H groups in total. The molecule has 6 aromatic carbocycles. The molecule has 532 valence electrons. The van der Waals surface area contributed by atoms with Crippen molar-refractivity contribution < 1.29 is 18.3 Å². The van der Waals surface area contributed by atoms with Crippen LogP contribution in [0.2, 0.25) is 0 Å². The van der Waals surface area contributed by atoms with Gasteiger partial charge in [-0.1, -0.05) is 23.3 Å². The van der Waals surface area contributed by atoms with Crippen LogP contribution in [0.15, 0.2) is 171 Å². The third-order valence-corrected chi connectivity index (χ3v) is 20.0. The van der Waals surface area contributed by atoms with Gasteiger partial charge in [0, 0.05) is 163 Å². The topological polar surface area (TPSA) is 67.5 Å². The van der Waals surface area contributed by atoms with Gasteiger partial charge in [0.25, 0.3) is 0 Å². The first-order valence-electron chi connectivity index (χ1n) is 35.0.